The zero-order chi connectivity index (χ0) is 11.1. The van der Waals surface area contributed by atoms with Crippen LogP contribution >= 0.6 is 15.9 Å². The average molecular weight is 272 g/mol. The van der Waals surface area contributed by atoms with Crippen LogP contribution < -0.4 is 5.32 Å². The molecule has 0 aromatic heterocycles. The molecule has 0 bridgehead atoms. The summed E-state index contributed by atoms with van der Waals surface area (Å²) in [6.07, 6.45) is 1.08. The Labute approximate surface area is 100 Å². The van der Waals surface area contributed by atoms with Gasteiger partial charge in [0.2, 0.25) is 0 Å². The number of ether oxygens (including phenoxy) is 1. The van der Waals surface area contributed by atoms with Crippen LogP contribution in [-0.4, -0.2) is 20.3 Å². The lowest BCUT2D eigenvalue weighted by atomic mass is 10.0. The van der Waals surface area contributed by atoms with Crippen molar-refractivity contribution >= 4 is 15.9 Å². The number of hydrogen-bond donors (Lipinski definition) is 1. The highest BCUT2D eigenvalue weighted by Crippen LogP contribution is 2.24. The molecule has 2 nitrogen and oxygen atoms in total. The van der Waals surface area contributed by atoms with Gasteiger partial charge in [0, 0.05) is 24.2 Å². The van der Waals surface area contributed by atoms with Crippen molar-refractivity contribution < 1.29 is 4.74 Å². The quantitative estimate of drug-likeness (QED) is 0.803. The predicted molar refractivity (Wildman–Crippen MR) is 67.1 cm³/mol. The van der Waals surface area contributed by atoms with E-state index in [2.05, 4.69) is 46.4 Å². The van der Waals surface area contributed by atoms with Crippen LogP contribution in [0, 0.1) is 0 Å². The number of halogens is 1. The maximum atomic E-state index is 5.03. The van der Waals surface area contributed by atoms with Crippen LogP contribution in [0.5, 0.6) is 0 Å². The van der Waals surface area contributed by atoms with E-state index in [1.807, 2.05) is 6.07 Å². The minimum absolute atomic E-state index is 0.399. The molecule has 0 fully saturated rings. The fraction of sp³-hybridized carbons (Fsp3) is 0.500. The summed E-state index contributed by atoms with van der Waals surface area (Å²) in [5.74, 6) is 0. The topological polar surface area (TPSA) is 21.3 Å². The predicted octanol–water partition coefficient (Wildman–Crippen LogP) is 3.14. The summed E-state index contributed by atoms with van der Waals surface area (Å²) in [5, 5.41) is 3.47. The fourth-order valence-corrected chi connectivity index (χ4v) is 2.13. The largest absolute Gasteiger partial charge is 0.383 e. The molecule has 0 heterocycles. The zero-order valence-corrected chi connectivity index (χ0v) is 10.9. The highest BCUT2D eigenvalue weighted by Gasteiger charge is 2.10. The van der Waals surface area contributed by atoms with Crippen molar-refractivity contribution in [3.8, 4) is 0 Å². The molecule has 0 amide bonds. The SMILES string of the molecule is CCC(NCCOC)c1ccccc1Br. The van der Waals surface area contributed by atoms with Crippen LogP contribution in [0.2, 0.25) is 0 Å². The van der Waals surface area contributed by atoms with Gasteiger partial charge in [-0.15, -0.1) is 0 Å². The molecule has 1 aromatic rings. The maximum absolute atomic E-state index is 5.03. The smallest absolute Gasteiger partial charge is 0.0587 e. The standard InChI is InChI=1S/C12H18BrNO/c1-3-12(14-8-9-15-2)10-6-4-5-7-11(10)13/h4-7,12,14H,3,8-9H2,1-2H3. The van der Waals surface area contributed by atoms with Crippen molar-refractivity contribution in [1.82, 2.24) is 5.32 Å². The van der Waals surface area contributed by atoms with E-state index in [1.165, 1.54) is 10.0 Å². The summed E-state index contributed by atoms with van der Waals surface area (Å²) < 4.78 is 6.20. The lowest BCUT2D eigenvalue weighted by Gasteiger charge is -2.18. The number of hydrogen-bond acceptors (Lipinski definition) is 2. The van der Waals surface area contributed by atoms with Gasteiger partial charge < -0.3 is 10.1 Å². The Balaban J connectivity index is 2.61. The average Bonchev–Trinajstić information content (AvgIpc) is 2.26. The van der Waals surface area contributed by atoms with Crippen molar-refractivity contribution in [2.24, 2.45) is 0 Å². The monoisotopic (exact) mass is 271 g/mol. The lowest BCUT2D eigenvalue weighted by Crippen LogP contribution is -2.24. The first kappa shape index (κ1) is 12.7. The Hall–Kier alpha value is -0.380. The number of benzene rings is 1. The molecule has 1 rings (SSSR count). The molecular weight excluding hydrogens is 254 g/mol. The summed E-state index contributed by atoms with van der Waals surface area (Å²) in [7, 11) is 1.72. The molecule has 1 N–H and O–H groups in total. The minimum Gasteiger partial charge on any atom is -0.383 e. The van der Waals surface area contributed by atoms with Gasteiger partial charge in [0.15, 0.2) is 0 Å². The van der Waals surface area contributed by atoms with Gasteiger partial charge in [-0.25, -0.2) is 0 Å². The van der Waals surface area contributed by atoms with Gasteiger partial charge in [-0.2, -0.15) is 0 Å². The molecule has 0 aliphatic heterocycles. The van der Waals surface area contributed by atoms with Gasteiger partial charge in [-0.05, 0) is 18.1 Å². The van der Waals surface area contributed by atoms with Crippen molar-refractivity contribution in [3.05, 3.63) is 34.3 Å². The molecule has 3 heteroatoms. The molecule has 0 saturated heterocycles. The summed E-state index contributed by atoms with van der Waals surface area (Å²) in [6.45, 7) is 3.82. The number of methoxy groups -OCH3 is 1. The van der Waals surface area contributed by atoms with E-state index in [9.17, 15) is 0 Å². The highest BCUT2D eigenvalue weighted by atomic mass is 79.9. The van der Waals surface area contributed by atoms with Crippen LogP contribution in [0.25, 0.3) is 0 Å². The Morgan fingerprint density at radius 3 is 2.73 bits per heavy atom. The summed E-state index contributed by atoms with van der Waals surface area (Å²) >= 11 is 3.58. The first-order valence-corrected chi connectivity index (χ1v) is 6.05. The molecule has 0 spiro atoms. The second kappa shape index (κ2) is 6.99. The molecule has 84 valence electrons. The van der Waals surface area contributed by atoms with Crippen molar-refractivity contribution in [3.63, 3.8) is 0 Å². The second-order valence-corrected chi connectivity index (χ2v) is 4.28. The normalized spacial score (nSPS) is 12.7. The molecule has 1 atom stereocenters. The van der Waals surface area contributed by atoms with E-state index in [-0.39, 0.29) is 0 Å². The van der Waals surface area contributed by atoms with Gasteiger partial charge in [0.05, 0.1) is 6.61 Å². The van der Waals surface area contributed by atoms with Crippen molar-refractivity contribution in [2.75, 3.05) is 20.3 Å². The van der Waals surface area contributed by atoms with Gasteiger partial charge in [0.1, 0.15) is 0 Å². The summed E-state index contributed by atoms with van der Waals surface area (Å²) in [4.78, 5) is 0. The molecule has 15 heavy (non-hydrogen) atoms. The van der Waals surface area contributed by atoms with Gasteiger partial charge in [-0.1, -0.05) is 41.1 Å². The van der Waals surface area contributed by atoms with Crippen LogP contribution in [-0.2, 0) is 4.74 Å². The van der Waals surface area contributed by atoms with Crippen molar-refractivity contribution in [2.45, 2.75) is 19.4 Å². The van der Waals surface area contributed by atoms with E-state index in [0.717, 1.165) is 19.6 Å². The molecule has 0 saturated carbocycles. The first-order valence-electron chi connectivity index (χ1n) is 5.26. The Morgan fingerprint density at radius 2 is 2.13 bits per heavy atom. The highest BCUT2D eigenvalue weighted by molar-refractivity contribution is 9.10. The second-order valence-electron chi connectivity index (χ2n) is 3.43. The minimum atomic E-state index is 0.399. The Morgan fingerprint density at radius 1 is 1.40 bits per heavy atom. The lowest BCUT2D eigenvalue weighted by molar-refractivity contribution is 0.195. The van der Waals surface area contributed by atoms with Crippen molar-refractivity contribution in [1.29, 1.82) is 0 Å². The fourth-order valence-electron chi connectivity index (χ4n) is 1.57. The Kier molecular flexibility index (Phi) is 5.91. The Bertz CT molecular complexity index is 291. The van der Waals surface area contributed by atoms with E-state index in [1.54, 1.807) is 7.11 Å². The summed E-state index contributed by atoms with van der Waals surface area (Å²) in [5.41, 5.74) is 1.32. The van der Waals surface area contributed by atoms with Crippen LogP contribution in [0.15, 0.2) is 28.7 Å². The zero-order valence-electron chi connectivity index (χ0n) is 9.29. The summed E-state index contributed by atoms with van der Waals surface area (Å²) in [6, 6.07) is 8.74. The van der Waals surface area contributed by atoms with Crippen LogP contribution in [0.3, 0.4) is 0 Å². The molecule has 0 aliphatic carbocycles. The van der Waals surface area contributed by atoms with E-state index in [0.29, 0.717) is 6.04 Å². The maximum Gasteiger partial charge on any atom is 0.0587 e. The molecule has 1 unspecified atom stereocenters. The third-order valence-corrected chi connectivity index (χ3v) is 3.11. The van der Waals surface area contributed by atoms with Crippen LogP contribution in [0.4, 0.5) is 0 Å². The number of nitrogens with one attached hydrogen (secondary N) is 1. The van der Waals surface area contributed by atoms with E-state index in [4.69, 9.17) is 4.74 Å². The molecule has 0 aliphatic rings. The van der Waals surface area contributed by atoms with Gasteiger partial charge in [-0.3, -0.25) is 0 Å². The molecular formula is C12H18BrNO. The third kappa shape index (κ3) is 3.93. The number of rotatable bonds is 6. The van der Waals surface area contributed by atoms with Gasteiger partial charge in [0.25, 0.3) is 0 Å². The van der Waals surface area contributed by atoms with Crippen LogP contribution in [0.1, 0.15) is 24.9 Å². The first-order chi connectivity index (χ1) is 7.29. The molecule has 1 aromatic carbocycles. The molecule has 0 radical (unpaired) electrons. The van der Waals surface area contributed by atoms with E-state index < -0.39 is 0 Å². The third-order valence-electron chi connectivity index (χ3n) is 2.39. The van der Waals surface area contributed by atoms with E-state index >= 15 is 0 Å². The van der Waals surface area contributed by atoms with Gasteiger partial charge >= 0.3 is 0 Å².